The molecular weight excluding hydrogens is 343 g/mol. The Labute approximate surface area is 159 Å². The average Bonchev–Trinajstić information content (AvgIpc) is 2.66. The number of hydrogen-bond donors (Lipinski definition) is 1. The van der Waals surface area contributed by atoms with E-state index in [-0.39, 0.29) is 11.8 Å². The number of likely N-dealkylation sites (tertiary alicyclic amines) is 1. The maximum absolute atomic E-state index is 13.4. The number of benzene rings is 2. The number of amides is 2. The molecule has 2 amide bonds. The predicted octanol–water partition coefficient (Wildman–Crippen LogP) is 3.69. The second kappa shape index (κ2) is 7.91. The molecular formula is C22H25FN2O2. The van der Waals surface area contributed by atoms with Crippen LogP contribution in [0.4, 0.5) is 4.39 Å². The van der Waals surface area contributed by atoms with Crippen molar-refractivity contribution >= 4 is 11.8 Å². The van der Waals surface area contributed by atoms with Gasteiger partial charge in [-0.2, -0.15) is 0 Å². The molecule has 142 valence electrons. The van der Waals surface area contributed by atoms with E-state index in [1.165, 1.54) is 18.2 Å². The number of carbonyl (C=O) groups excluding carboxylic acids is 2. The zero-order valence-electron chi connectivity index (χ0n) is 15.8. The average molecular weight is 368 g/mol. The maximum Gasteiger partial charge on any atom is 0.253 e. The lowest BCUT2D eigenvalue weighted by Crippen LogP contribution is -2.51. The summed E-state index contributed by atoms with van der Waals surface area (Å²) in [4.78, 5) is 27.2. The lowest BCUT2D eigenvalue weighted by molar-refractivity contribution is -0.132. The lowest BCUT2D eigenvalue weighted by Gasteiger charge is -2.39. The van der Waals surface area contributed by atoms with Gasteiger partial charge in [-0.25, -0.2) is 4.39 Å². The minimum Gasteiger partial charge on any atom is -0.351 e. The Kier molecular flexibility index (Phi) is 5.59. The topological polar surface area (TPSA) is 49.4 Å². The van der Waals surface area contributed by atoms with Crippen LogP contribution in [0.15, 0.2) is 48.5 Å². The van der Waals surface area contributed by atoms with Crippen molar-refractivity contribution in [3.05, 3.63) is 71.0 Å². The molecule has 0 radical (unpaired) electrons. The molecule has 3 rings (SSSR count). The van der Waals surface area contributed by atoms with E-state index in [1.54, 1.807) is 11.0 Å². The SMILES string of the molecule is Cc1ccccc1CNC(=O)[C@@]1(C)CCCN(C(=O)c2cccc(F)c2)C1. The maximum atomic E-state index is 13.4. The van der Waals surface area contributed by atoms with Crippen LogP contribution in [0.1, 0.15) is 41.3 Å². The van der Waals surface area contributed by atoms with Crippen LogP contribution < -0.4 is 5.32 Å². The first-order valence-corrected chi connectivity index (χ1v) is 9.27. The summed E-state index contributed by atoms with van der Waals surface area (Å²) in [5.41, 5.74) is 1.89. The Morgan fingerprint density at radius 1 is 1.19 bits per heavy atom. The Hall–Kier alpha value is -2.69. The zero-order chi connectivity index (χ0) is 19.4. The van der Waals surface area contributed by atoms with Gasteiger partial charge < -0.3 is 10.2 Å². The molecule has 1 aliphatic rings. The van der Waals surface area contributed by atoms with Gasteiger partial charge in [0.2, 0.25) is 5.91 Å². The fourth-order valence-electron chi connectivity index (χ4n) is 3.60. The standard InChI is InChI=1S/C22H25FN2O2/c1-16-7-3-4-8-18(16)14-24-21(27)22(2)11-6-12-25(15-22)20(26)17-9-5-10-19(23)13-17/h3-5,7-10,13H,6,11-12,14-15H2,1-2H3,(H,24,27)/t22-/m0/s1. The third-order valence-corrected chi connectivity index (χ3v) is 5.30. The molecule has 1 saturated heterocycles. The highest BCUT2D eigenvalue weighted by Crippen LogP contribution is 2.30. The molecule has 0 bridgehead atoms. The number of aryl methyl sites for hydroxylation is 1. The summed E-state index contributed by atoms with van der Waals surface area (Å²) < 4.78 is 13.4. The third kappa shape index (κ3) is 4.35. The smallest absolute Gasteiger partial charge is 0.253 e. The zero-order valence-corrected chi connectivity index (χ0v) is 15.8. The monoisotopic (exact) mass is 368 g/mol. The van der Waals surface area contributed by atoms with Gasteiger partial charge in [-0.05, 0) is 56.0 Å². The lowest BCUT2D eigenvalue weighted by atomic mass is 9.80. The van der Waals surface area contributed by atoms with E-state index in [0.717, 1.165) is 24.0 Å². The molecule has 1 atom stereocenters. The van der Waals surface area contributed by atoms with E-state index in [4.69, 9.17) is 0 Å². The van der Waals surface area contributed by atoms with Crippen LogP contribution in [0.2, 0.25) is 0 Å². The highest BCUT2D eigenvalue weighted by Gasteiger charge is 2.39. The van der Waals surface area contributed by atoms with Gasteiger partial charge in [0.05, 0.1) is 5.41 Å². The van der Waals surface area contributed by atoms with Gasteiger partial charge in [-0.15, -0.1) is 0 Å². The summed E-state index contributed by atoms with van der Waals surface area (Å²) >= 11 is 0. The van der Waals surface area contributed by atoms with Crippen molar-refractivity contribution in [1.29, 1.82) is 0 Å². The van der Waals surface area contributed by atoms with Gasteiger partial charge in [0.15, 0.2) is 0 Å². The molecule has 0 saturated carbocycles. The number of piperidine rings is 1. The van der Waals surface area contributed by atoms with E-state index in [2.05, 4.69) is 5.32 Å². The van der Waals surface area contributed by atoms with E-state index >= 15 is 0 Å². The van der Waals surface area contributed by atoms with Crippen molar-refractivity contribution < 1.29 is 14.0 Å². The number of nitrogens with one attached hydrogen (secondary N) is 1. The molecule has 27 heavy (non-hydrogen) atoms. The first kappa shape index (κ1) is 19.1. The minimum absolute atomic E-state index is 0.0532. The molecule has 0 aromatic heterocycles. The highest BCUT2D eigenvalue weighted by atomic mass is 19.1. The molecule has 0 spiro atoms. The van der Waals surface area contributed by atoms with Gasteiger partial charge >= 0.3 is 0 Å². The van der Waals surface area contributed by atoms with Crippen LogP contribution in [-0.4, -0.2) is 29.8 Å². The molecule has 2 aromatic carbocycles. The van der Waals surface area contributed by atoms with Crippen LogP contribution in [0, 0.1) is 18.2 Å². The normalized spacial score (nSPS) is 19.6. The number of rotatable bonds is 4. The Balaban J connectivity index is 1.67. The molecule has 1 N–H and O–H groups in total. The molecule has 1 fully saturated rings. The van der Waals surface area contributed by atoms with E-state index < -0.39 is 11.2 Å². The summed E-state index contributed by atoms with van der Waals surface area (Å²) in [6.45, 7) is 5.30. The molecule has 1 heterocycles. The predicted molar refractivity (Wildman–Crippen MR) is 103 cm³/mol. The second-order valence-electron chi connectivity index (χ2n) is 7.51. The van der Waals surface area contributed by atoms with Crippen molar-refractivity contribution in [2.24, 2.45) is 5.41 Å². The van der Waals surface area contributed by atoms with Crippen LogP contribution in [0.25, 0.3) is 0 Å². The summed E-state index contributed by atoms with van der Waals surface area (Å²) in [5.74, 6) is -0.716. The summed E-state index contributed by atoms with van der Waals surface area (Å²) in [6, 6.07) is 13.6. The Morgan fingerprint density at radius 2 is 1.96 bits per heavy atom. The highest BCUT2D eigenvalue weighted by molar-refractivity contribution is 5.95. The molecule has 4 nitrogen and oxygen atoms in total. The van der Waals surface area contributed by atoms with Crippen LogP contribution in [-0.2, 0) is 11.3 Å². The van der Waals surface area contributed by atoms with Crippen LogP contribution in [0.3, 0.4) is 0 Å². The Morgan fingerprint density at radius 3 is 2.70 bits per heavy atom. The van der Waals surface area contributed by atoms with Crippen molar-refractivity contribution in [3.8, 4) is 0 Å². The first-order valence-electron chi connectivity index (χ1n) is 9.27. The van der Waals surface area contributed by atoms with Gasteiger partial charge in [0.25, 0.3) is 5.91 Å². The van der Waals surface area contributed by atoms with Crippen molar-refractivity contribution in [3.63, 3.8) is 0 Å². The number of halogens is 1. The van der Waals surface area contributed by atoms with Gasteiger partial charge in [0, 0.05) is 25.2 Å². The number of carbonyl (C=O) groups is 2. The Bertz CT molecular complexity index is 852. The van der Waals surface area contributed by atoms with E-state index in [9.17, 15) is 14.0 Å². The van der Waals surface area contributed by atoms with E-state index in [0.29, 0.717) is 25.2 Å². The summed E-state index contributed by atoms with van der Waals surface area (Å²) in [7, 11) is 0. The van der Waals surface area contributed by atoms with Crippen molar-refractivity contribution in [2.75, 3.05) is 13.1 Å². The molecule has 5 heteroatoms. The molecule has 0 aliphatic carbocycles. The summed E-state index contributed by atoms with van der Waals surface area (Å²) in [6.07, 6.45) is 1.47. The fourth-order valence-corrected chi connectivity index (χ4v) is 3.60. The largest absolute Gasteiger partial charge is 0.351 e. The van der Waals surface area contributed by atoms with Crippen molar-refractivity contribution in [1.82, 2.24) is 10.2 Å². The molecule has 1 aliphatic heterocycles. The van der Waals surface area contributed by atoms with E-state index in [1.807, 2.05) is 38.1 Å². The fraction of sp³-hybridized carbons (Fsp3) is 0.364. The van der Waals surface area contributed by atoms with Crippen molar-refractivity contribution in [2.45, 2.75) is 33.2 Å². The molecule has 0 unspecified atom stereocenters. The quantitative estimate of drug-likeness (QED) is 0.895. The minimum atomic E-state index is -0.649. The summed E-state index contributed by atoms with van der Waals surface area (Å²) in [5, 5.41) is 3.02. The van der Waals surface area contributed by atoms with Gasteiger partial charge in [-0.3, -0.25) is 9.59 Å². The third-order valence-electron chi connectivity index (χ3n) is 5.30. The number of hydrogen-bond acceptors (Lipinski definition) is 2. The number of nitrogens with zero attached hydrogens (tertiary/aromatic N) is 1. The van der Waals surface area contributed by atoms with Gasteiger partial charge in [0.1, 0.15) is 5.82 Å². The molecule has 2 aromatic rings. The van der Waals surface area contributed by atoms with Gasteiger partial charge in [-0.1, -0.05) is 30.3 Å². The van der Waals surface area contributed by atoms with Crippen LogP contribution >= 0.6 is 0 Å². The first-order chi connectivity index (χ1) is 12.9. The second-order valence-corrected chi connectivity index (χ2v) is 7.51. The van der Waals surface area contributed by atoms with Crippen LogP contribution in [0.5, 0.6) is 0 Å².